The van der Waals surface area contributed by atoms with Crippen LogP contribution in [0.5, 0.6) is 5.75 Å². The Bertz CT molecular complexity index is 302. The van der Waals surface area contributed by atoms with Crippen molar-refractivity contribution in [2.24, 2.45) is 5.92 Å². The van der Waals surface area contributed by atoms with Gasteiger partial charge in [-0.3, -0.25) is 0 Å². The van der Waals surface area contributed by atoms with Gasteiger partial charge in [0.25, 0.3) is 0 Å². The summed E-state index contributed by atoms with van der Waals surface area (Å²) in [5.41, 5.74) is 0. The van der Waals surface area contributed by atoms with Crippen LogP contribution in [0.15, 0.2) is 12.4 Å². The molecule has 0 aromatic carbocycles. The molecule has 0 saturated heterocycles. The van der Waals surface area contributed by atoms with Crippen LogP contribution in [-0.4, -0.2) is 33.4 Å². The van der Waals surface area contributed by atoms with Gasteiger partial charge >= 0.3 is 0 Å². The molecule has 0 aliphatic heterocycles. The first-order valence-corrected chi connectivity index (χ1v) is 6.37. The number of aliphatic hydroxyl groups excluding tert-OH is 2. The first-order chi connectivity index (χ1) is 8.63. The van der Waals surface area contributed by atoms with Crippen molar-refractivity contribution in [1.82, 2.24) is 9.97 Å². The molecule has 1 aromatic rings. The van der Waals surface area contributed by atoms with Crippen LogP contribution < -0.4 is 4.74 Å². The van der Waals surface area contributed by atoms with Crippen LogP contribution in [0.25, 0.3) is 0 Å². The Kier molecular flexibility index (Phi) is 9.14. The average Bonchev–Trinajstić information content (AvgIpc) is 2.40. The molecule has 2 N–H and O–H groups in total. The zero-order valence-electron chi connectivity index (χ0n) is 11.6. The smallest absolute Gasteiger partial charge is 0.159 e. The van der Waals surface area contributed by atoms with Crippen molar-refractivity contribution in [3.63, 3.8) is 0 Å². The Morgan fingerprint density at radius 2 is 1.78 bits per heavy atom. The molecule has 1 unspecified atom stereocenters. The molecule has 1 atom stereocenters. The summed E-state index contributed by atoms with van der Waals surface area (Å²) in [7, 11) is 0. The SMILES string of the molecule is CC.CC(C)CCOc1cnc(C(O)CO)nc1. The van der Waals surface area contributed by atoms with E-state index in [1.54, 1.807) is 0 Å². The number of nitrogens with zero attached hydrogens (tertiary/aromatic N) is 2. The second-order valence-corrected chi connectivity index (χ2v) is 4.01. The molecule has 1 rings (SSSR count). The van der Waals surface area contributed by atoms with Gasteiger partial charge in [0, 0.05) is 0 Å². The molecule has 0 saturated carbocycles. The van der Waals surface area contributed by atoms with E-state index in [0.717, 1.165) is 6.42 Å². The van der Waals surface area contributed by atoms with E-state index >= 15 is 0 Å². The molecule has 0 aliphatic carbocycles. The average molecular weight is 256 g/mol. The maximum Gasteiger partial charge on any atom is 0.159 e. The lowest BCUT2D eigenvalue weighted by Crippen LogP contribution is -2.08. The van der Waals surface area contributed by atoms with Crippen LogP contribution in [-0.2, 0) is 0 Å². The first kappa shape index (κ1) is 16.8. The maximum atomic E-state index is 9.25. The van der Waals surface area contributed by atoms with Crippen molar-refractivity contribution in [3.8, 4) is 5.75 Å². The summed E-state index contributed by atoms with van der Waals surface area (Å²) in [6.07, 6.45) is 2.95. The van der Waals surface area contributed by atoms with Crippen molar-refractivity contribution < 1.29 is 14.9 Å². The lowest BCUT2D eigenvalue weighted by atomic mass is 10.1. The van der Waals surface area contributed by atoms with Gasteiger partial charge in [-0.25, -0.2) is 9.97 Å². The van der Waals surface area contributed by atoms with Gasteiger partial charge in [-0.05, 0) is 12.3 Å². The molecule has 18 heavy (non-hydrogen) atoms. The van der Waals surface area contributed by atoms with Crippen LogP contribution in [0.4, 0.5) is 0 Å². The maximum absolute atomic E-state index is 9.25. The zero-order valence-corrected chi connectivity index (χ0v) is 11.6. The molecule has 5 heteroatoms. The van der Waals surface area contributed by atoms with Gasteiger partial charge in [-0.15, -0.1) is 0 Å². The minimum absolute atomic E-state index is 0.207. The third-order valence-electron chi connectivity index (χ3n) is 2.08. The Labute approximate surface area is 109 Å². The highest BCUT2D eigenvalue weighted by Crippen LogP contribution is 2.11. The van der Waals surface area contributed by atoms with Gasteiger partial charge < -0.3 is 14.9 Å². The topological polar surface area (TPSA) is 75.5 Å². The van der Waals surface area contributed by atoms with Crippen LogP contribution in [0.2, 0.25) is 0 Å². The summed E-state index contributed by atoms with van der Waals surface area (Å²) in [5.74, 6) is 1.38. The van der Waals surface area contributed by atoms with E-state index in [1.807, 2.05) is 13.8 Å². The quantitative estimate of drug-likeness (QED) is 0.813. The van der Waals surface area contributed by atoms with Crippen molar-refractivity contribution in [3.05, 3.63) is 18.2 Å². The van der Waals surface area contributed by atoms with Crippen LogP contribution in [0.3, 0.4) is 0 Å². The summed E-state index contributed by atoms with van der Waals surface area (Å²) in [4.78, 5) is 7.80. The molecule has 1 aromatic heterocycles. The normalized spacial score (nSPS) is 11.7. The Hall–Kier alpha value is -1.20. The van der Waals surface area contributed by atoms with E-state index in [9.17, 15) is 5.11 Å². The van der Waals surface area contributed by atoms with Gasteiger partial charge in [0.15, 0.2) is 11.6 Å². The lowest BCUT2D eigenvalue weighted by molar-refractivity contribution is 0.0884. The number of aliphatic hydroxyl groups is 2. The van der Waals surface area contributed by atoms with Crippen LogP contribution >= 0.6 is 0 Å². The Morgan fingerprint density at radius 1 is 1.22 bits per heavy atom. The van der Waals surface area contributed by atoms with Gasteiger partial charge in [0.05, 0.1) is 25.6 Å². The van der Waals surface area contributed by atoms with Crippen molar-refractivity contribution in [1.29, 1.82) is 0 Å². The third-order valence-corrected chi connectivity index (χ3v) is 2.08. The summed E-state index contributed by atoms with van der Waals surface area (Å²) in [6.45, 7) is 8.50. The minimum Gasteiger partial charge on any atom is -0.490 e. The molecule has 0 bridgehead atoms. The monoisotopic (exact) mass is 256 g/mol. The molecular formula is C13H24N2O3. The standard InChI is InChI=1S/C11H18N2O3.C2H6/c1-8(2)3-4-16-9-5-12-11(13-6-9)10(15)7-14;1-2/h5-6,8,10,14-15H,3-4,7H2,1-2H3;1-2H3. The molecular weight excluding hydrogens is 232 g/mol. The van der Waals surface area contributed by atoms with E-state index in [4.69, 9.17) is 9.84 Å². The number of hydrogen-bond acceptors (Lipinski definition) is 5. The minimum atomic E-state index is -1.02. The summed E-state index contributed by atoms with van der Waals surface area (Å²) >= 11 is 0. The fourth-order valence-corrected chi connectivity index (χ4v) is 1.07. The summed E-state index contributed by atoms with van der Waals surface area (Å²) < 4.78 is 5.42. The fraction of sp³-hybridized carbons (Fsp3) is 0.692. The highest BCUT2D eigenvalue weighted by Gasteiger charge is 2.08. The van der Waals surface area contributed by atoms with E-state index in [2.05, 4.69) is 23.8 Å². The molecule has 0 fully saturated rings. The molecule has 5 nitrogen and oxygen atoms in total. The first-order valence-electron chi connectivity index (χ1n) is 6.37. The number of ether oxygens (including phenoxy) is 1. The third kappa shape index (κ3) is 6.51. The molecule has 0 aliphatic rings. The summed E-state index contributed by atoms with van der Waals surface area (Å²) in [5, 5.41) is 18.0. The Balaban J connectivity index is 0.00000137. The molecule has 104 valence electrons. The van der Waals surface area contributed by atoms with E-state index in [0.29, 0.717) is 18.3 Å². The van der Waals surface area contributed by atoms with E-state index < -0.39 is 6.10 Å². The van der Waals surface area contributed by atoms with Crippen LogP contribution in [0.1, 0.15) is 46.0 Å². The molecule has 0 radical (unpaired) electrons. The highest BCUT2D eigenvalue weighted by atomic mass is 16.5. The predicted octanol–water partition coefficient (Wildman–Crippen LogP) is 1.95. The fourth-order valence-electron chi connectivity index (χ4n) is 1.07. The second kappa shape index (κ2) is 9.79. The van der Waals surface area contributed by atoms with Crippen LogP contribution in [0, 0.1) is 5.92 Å². The predicted molar refractivity (Wildman–Crippen MR) is 70.4 cm³/mol. The van der Waals surface area contributed by atoms with E-state index in [1.165, 1.54) is 12.4 Å². The molecule has 1 heterocycles. The molecule has 0 spiro atoms. The lowest BCUT2D eigenvalue weighted by Gasteiger charge is -2.09. The molecule has 0 amide bonds. The van der Waals surface area contributed by atoms with E-state index in [-0.39, 0.29) is 12.4 Å². The summed E-state index contributed by atoms with van der Waals surface area (Å²) in [6, 6.07) is 0. The highest BCUT2D eigenvalue weighted by molar-refractivity contribution is 5.12. The largest absolute Gasteiger partial charge is 0.490 e. The van der Waals surface area contributed by atoms with Crippen molar-refractivity contribution in [2.45, 2.75) is 40.2 Å². The number of hydrogen-bond donors (Lipinski definition) is 2. The van der Waals surface area contributed by atoms with Gasteiger partial charge in [-0.2, -0.15) is 0 Å². The van der Waals surface area contributed by atoms with Gasteiger partial charge in [0.1, 0.15) is 6.10 Å². The van der Waals surface area contributed by atoms with Crippen molar-refractivity contribution >= 4 is 0 Å². The van der Waals surface area contributed by atoms with Gasteiger partial charge in [0.2, 0.25) is 0 Å². The second-order valence-electron chi connectivity index (χ2n) is 4.01. The Morgan fingerprint density at radius 3 is 2.22 bits per heavy atom. The number of rotatable bonds is 6. The number of aromatic nitrogens is 2. The zero-order chi connectivity index (χ0) is 14.0. The van der Waals surface area contributed by atoms with Gasteiger partial charge in [-0.1, -0.05) is 27.7 Å². The van der Waals surface area contributed by atoms with Crippen molar-refractivity contribution in [2.75, 3.05) is 13.2 Å².